The Morgan fingerprint density at radius 2 is 1.32 bits per heavy atom. The number of hydrogen-bond acceptors (Lipinski definition) is 2. The molecule has 0 saturated heterocycles. The van der Waals surface area contributed by atoms with Crippen LogP contribution < -0.4 is 4.72 Å². The molecular weight excluding hydrogens is 330 g/mol. The van der Waals surface area contributed by atoms with E-state index in [-0.39, 0.29) is 4.90 Å². The van der Waals surface area contributed by atoms with Crippen molar-refractivity contribution in [3.05, 3.63) is 101 Å². The lowest BCUT2D eigenvalue weighted by Gasteiger charge is -2.21. The summed E-state index contributed by atoms with van der Waals surface area (Å²) >= 11 is 0. The zero-order valence-electron chi connectivity index (χ0n) is 14.3. The summed E-state index contributed by atoms with van der Waals surface area (Å²) in [6.45, 7) is 4.08. The molecule has 0 aliphatic carbocycles. The van der Waals surface area contributed by atoms with Gasteiger partial charge < -0.3 is 0 Å². The minimum absolute atomic E-state index is 0.264. The van der Waals surface area contributed by atoms with Gasteiger partial charge in [0, 0.05) is 0 Å². The van der Waals surface area contributed by atoms with Crippen LogP contribution in [0.2, 0.25) is 0 Å². The molecule has 3 aromatic carbocycles. The normalized spacial score (nSPS) is 12.7. The monoisotopic (exact) mass is 351 g/mol. The number of hydrogen-bond donors (Lipinski definition) is 1. The van der Waals surface area contributed by atoms with E-state index in [1.165, 1.54) is 5.56 Å². The molecule has 0 spiro atoms. The third kappa shape index (κ3) is 3.98. The molecule has 0 unspecified atom stereocenters. The molecule has 0 radical (unpaired) electrons. The standard InChI is InChI=1S/C21H21NO2S/c1-16-13-14-19(15-17(16)2)21(18-9-5-3-6-10-18)22-25(23,24)20-11-7-4-8-12-20/h3-15,21-22H,1-2H3/t21-/m0/s1. The largest absolute Gasteiger partial charge is 0.241 e. The SMILES string of the molecule is Cc1ccc([C@@H](NS(=O)(=O)c2ccccc2)c2ccccc2)cc1C. The summed E-state index contributed by atoms with van der Waals surface area (Å²) in [4.78, 5) is 0.264. The van der Waals surface area contributed by atoms with Gasteiger partial charge in [0.2, 0.25) is 10.0 Å². The average Bonchev–Trinajstić information content (AvgIpc) is 2.64. The zero-order chi connectivity index (χ0) is 17.9. The van der Waals surface area contributed by atoms with Crippen LogP contribution in [0.15, 0.2) is 83.8 Å². The molecule has 0 heterocycles. The Hall–Kier alpha value is -2.43. The number of nitrogens with one attached hydrogen (secondary N) is 1. The van der Waals surface area contributed by atoms with Crippen LogP contribution >= 0.6 is 0 Å². The number of aryl methyl sites for hydroxylation is 2. The Morgan fingerprint density at radius 3 is 1.92 bits per heavy atom. The van der Waals surface area contributed by atoms with Gasteiger partial charge in [-0.3, -0.25) is 0 Å². The van der Waals surface area contributed by atoms with E-state index in [1.54, 1.807) is 30.3 Å². The van der Waals surface area contributed by atoms with E-state index in [9.17, 15) is 8.42 Å². The lowest BCUT2D eigenvalue weighted by molar-refractivity contribution is 0.572. The van der Waals surface area contributed by atoms with Crippen LogP contribution in [0, 0.1) is 13.8 Å². The maximum Gasteiger partial charge on any atom is 0.241 e. The van der Waals surface area contributed by atoms with Crippen molar-refractivity contribution in [2.45, 2.75) is 24.8 Å². The van der Waals surface area contributed by atoms with Crippen molar-refractivity contribution in [3.63, 3.8) is 0 Å². The van der Waals surface area contributed by atoms with Gasteiger partial charge in [-0.05, 0) is 48.2 Å². The van der Waals surface area contributed by atoms with Crippen molar-refractivity contribution in [2.75, 3.05) is 0 Å². The minimum Gasteiger partial charge on any atom is -0.207 e. The third-order valence-corrected chi connectivity index (χ3v) is 5.76. The molecule has 0 aliphatic rings. The first kappa shape index (κ1) is 17.4. The van der Waals surface area contributed by atoms with Crippen molar-refractivity contribution in [2.24, 2.45) is 0 Å². The van der Waals surface area contributed by atoms with Crippen molar-refractivity contribution >= 4 is 10.0 Å². The molecule has 3 aromatic rings. The first-order valence-corrected chi connectivity index (χ1v) is 9.65. The molecule has 0 aliphatic heterocycles. The Balaban J connectivity index is 2.05. The molecule has 3 nitrogen and oxygen atoms in total. The first-order chi connectivity index (χ1) is 12.0. The Morgan fingerprint density at radius 1 is 0.720 bits per heavy atom. The van der Waals surface area contributed by atoms with Crippen LogP contribution in [0.1, 0.15) is 28.3 Å². The molecule has 0 fully saturated rings. The number of rotatable bonds is 5. The van der Waals surface area contributed by atoms with E-state index in [1.807, 2.05) is 62.4 Å². The molecular formula is C21H21NO2S. The van der Waals surface area contributed by atoms with Crippen LogP contribution in [0.3, 0.4) is 0 Å². The van der Waals surface area contributed by atoms with Gasteiger partial charge in [0.15, 0.2) is 0 Å². The molecule has 0 saturated carbocycles. The second kappa shape index (κ2) is 7.21. The maximum atomic E-state index is 12.8. The van der Waals surface area contributed by atoms with Crippen molar-refractivity contribution in [1.82, 2.24) is 4.72 Å². The van der Waals surface area contributed by atoms with Gasteiger partial charge in [0.05, 0.1) is 10.9 Å². The van der Waals surface area contributed by atoms with Gasteiger partial charge >= 0.3 is 0 Å². The van der Waals surface area contributed by atoms with Gasteiger partial charge in [-0.15, -0.1) is 0 Å². The smallest absolute Gasteiger partial charge is 0.207 e. The predicted molar refractivity (Wildman–Crippen MR) is 101 cm³/mol. The molecule has 0 bridgehead atoms. The molecule has 1 N–H and O–H groups in total. The summed E-state index contributed by atoms with van der Waals surface area (Å²) in [5.74, 6) is 0. The average molecular weight is 351 g/mol. The Bertz CT molecular complexity index is 952. The van der Waals surface area contributed by atoms with E-state index < -0.39 is 16.1 Å². The van der Waals surface area contributed by atoms with Crippen molar-refractivity contribution < 1.29 is 8.42 Å². The molecule has 1 atom stereocenters. The fourth-order valence-electron chi connectivity index (χ4n) is 2.74. The lowest BCUT2D eigenvalue weighted by atomic mass is 9.96. The summed E-state index contributed by atoms with van der Waals surface area (Å²) in [7, 11) is -3.63. The van der Waals surface area contributed by atoms with E-state index in [2.05, 4.69) is 4.72 Å². The summed E-state index contributed by atoms with van der Waals surface area (Å²) in [5.41, 5.74) is 4.15. The lowest BCUT2D eigenvalue weighted by Crippen LogP contribution is -2.29. The van der Waals surface area contributed by atoms with Crippen LogP contribution in [0.25, 0.3) is 0 Å². The van der Waals surface area contributed by atoms with Crippen molar-refractivity contribution in [1.29, 1.82) is 0 Å². The molecule has 0 aromatic heterocycles. The maximum absolute atomic E-state index is 12.8. The minimum atomic E-state index is -3.63. The topological polar surface area (TPSA) is 46.2 Å². The molecule has 25 heavy (non-hydrogen) atoms. The number of sulfonamides is 1. The highest BCUT2D eigenvalue weighted by molar-refractivity contribution is 7.89. The van der Waals surface area contributed by atoms with E-state index in [0.717, 1.165) is 16.7 Å². The Kier molecular flexibility index (Phi) is 5.02. The summed E-state index contributed by atoms with van der Waals surface area (Å²) < 4.78 is 28.5. The molecule has 3 rings (SSSR count). The molecule has 128 valence electrons. The van der Waals surface area contributed by atoms with Crippen LogP contribution in [0.5, 0.6) is 0 Å². The number of benzene rings is 3. The van der Waals surface area contributed by atoms with Gasteiger partial charge in [0.25, 0.3) is 0 Å². The van der Waals surface area contributed by atoms with E-state index in [0.29, 0.717) is 0 Å². The summed E-state index contributed by atoms with van der Waals surface area (Å²) in [6, 6.07) is 23.7. The third-order valence-electron chi connectivity index (χ3n) is 4.32. The summed E-state index contributed by atoms with van der Waals surface area (Å²) in [6.07, 6.45) is 0. The van der Waals surface area contributed by atoms with Crippen molar-refractivity contribution in [3.8, 4) is 0 Å². The fraction of sp³-hybridized carbons (Fsp3) is 0.143. The van der Waals surface area contributed by atoms with Crippen LogP contribution in [-0.2, 0) is 10.0 Å². The van der Waals surface area contributed by atoms with Gasteiger partial charge in [-0.25, -0.2) is 8.42 Å². The van der Waals surface area contributed by atoms with Gasteiger partial charge in [-0.2, -0.15) is 4.72 Å². The first-order valence-electron chi connectivity index (χ1n) is 8.17. The van der Waals surface area contributed by atoms with Gasteiger partial charge in [-0.1, -0.05) is 66.7 Å². The van der Waals surface area contributed by atoms with Gasteiger partial charge in [0.1, 0.15) is 0 Å². The van der Waals surface area contributed by atoms with E-state index >= 15 is 0 Å². The van der Waals surface area contributed by atoms with E-state index in [4.69, 9.17) is 0 Å². The molecule has 0 amide bonds. The van der Waals surface area contributed by atoms with Crippen LogP contribution in [0.4, 0.5) is 0 Å². The summed E-state index contributed by atoms with van der Waals surface area (Å²) in [5, 5.41) is 0. The highest BCUT2D eigenvalue weighted by Crippen LogP contribution is 2.26. The van der Waals surface area contributed by atoms with Crippen LogP contribution in [-0.4, -0.2) is 8.42 Å². The Labute approximate surface area is 149 Å². The quantitative estimate of drug-likeness (QED) is 0.742. The molecule has 4 heteroatoms. The second-order valence-corrected chi connectivity index (χ2v) is 7.84. The highest BCUT2D eigenvalue weighted by Gasteiger charge is 2.23. The zero-order valence-corrected chi connectivity index (χ0v) is 15.1. The highest BCUT2D eigenvalue weighted by atomic mass is 32.2. The fourth-order valence-corrected chi connectivity index (χ4v) is 3.98. The predicted octanol–water partition coefficient (Wildman–Crippen LogP) is 4.37. The second-order valence-electron chi connectivity index (χ2n) is 6.12.